The Morgan fingerprint density at radius 1 is 1.12 bits per heavy atom. The van der Waals surface area contributed by atoms with Gasteiger partial charge in [0, 0.05) is 10.8 Å². The van der Waals surface area contributed by atoms with Gasteiger partial charge in [0.25, 0.3) is 0 Å². The molecule has 0 fully saturated rings. The van der Waals surface area contributed by atoms with Gasteiger partial charge in [-0.2, -0.15) is 0 Å². The zero-order valence-corrected chi connectivity index (χ0v) is 16.3. The van der Waals surface area contributed by atoms with Gasteiger partial charge in [-0.25, -0.2) is 4.68 Å². The van der Waals surface area contributed by atoms with Crippen LogP contribution in [0.2, 0.25) is 10.0 Å². The summed E-state index contributed by atoms with van der Waals surface area (Å²) in [5, 5.41) is 5.84. The number of para-hydroxylation sites is 1. The highest BCUT2D eigenvalue weighted by molar-refractivity contribution is 8.01. The minimum atomic E-state index is 0.543. The zero-order chi connectivity index (χ0) is 16.9. The lowest BCUT2D eigenvalue weighted by Gasteiger charge is -2.06. The first-order valence-corrected chi connectivity index (χ1v) is 9.96. The summed E-state index contributed by atoms with van der Waals surface area (Å²) < 4.78 is 9.02. The lowest BCUT2D eigenvalue weighted by molar-refractivity contribution is 0.344. The molecular formula is C16H12Cl2N2OS3. The van der Waals surface area contributed by atoms with Crippen LogP contribution in [0.15, 0.2) is 52.9 Å². The van der Waals surface area contributed by atoms with E-state index in [-0.39, 0.29) is 0 Å². The Morgan fingerprint density at radius 3 is 2.62 bits per heavy atom. The molecule has 0 amide bonds. The predicted molar refractivity (Wildman–Crippen MR) is 105 cm³/mol. The molecule has 124 valence electrons. The Hall–Kier alpha value is -1.05. The fraction of sp³-hybridized carbons (Fsp3) is 0.125. The standard InChI is InChI=1S/C16H12Cl2N2OS3/c17-11-5-7-12(8-6-11)20-16(22)24-15(19-20)23-10-9-21-14-4-2-1-3-13(14)18/h1-8H,9-10H2. The Morgan fingerprint density at radius 2 is 1.88 bits per heavy atom. The summed E-state index contributed by atoms with van der Waals surface area (Å²) in [7, 11) is 0. The van der Waals surface area contributed by atoms with Crippen LogP contribution < -0.4 is 4.74 Å². The molecule has 0 bridgehead atoms. The number of hydrogen-bond acceptors (Lipinski definition) is 5. The van der Waals surface area contributed by atoms with E-state index in [9.17, 15) is 0 Å². The predicted octanol–water partition coefficient (Wildman–Crippen LogP) is 6.14. The minimum Gasteiger partial charge on any atom is -0.491 e. The van der Waals surface area contributed by atoms with Crippen molar-refractivity contribution < 1.29 is 4.74 Å². The number of halogens is 2. The highest BCUT2D eigenvalue weighted by Gasteiger charge is 2.07. The number of ether oxygens (including phenoxy) is 1. The molecule has 0 spiro atoms. The van der Waals surface area contributed by atoms with E-state index in [4.69, 9.17) is 40.2 Å². The van der Waals surface area contributed by atoms with Crippen LogP contribution >= 0.6 is 58.5 Å². The van der Waals surface area contributed by atoms with E-state index in [1.54, 1.807) is 16.4 Å². The summed E-state index contributed by atoms with van der Waals surface area (Å²) in [5.41, 5.74) is 0.903. The fourth-order valence-electron chi connectivity index (χ4n) is 1.91. The van der Waals surface area contributed by atoms with Gasteiger partial charge in [-0.05, 0) is 48.6 Å². The fourth-order valence-corrected chi connectivity index (χ4v) is 4.47. The van der Waals surface area contributed by atoms with E-state index in [2.05, 4.69) is 5.10 Å². The van der Waals surface area contributed by atoms with Gasteiger partial charge in [0.15, 0.2) is 8.29 Å². The molecule has 0 saturated carbocycles. The number of rotatable bonds is 6. The van der Waals surface area contributed by atoms with Crippen LogP contribution in [0.25, 0.3) is 5.69 Å². The quantitative estimate of drug-likeness (QED) is 0.275. The maximum absolute atomic E-state index is 6.05. The number of thioether (sulfide) groups is 1. The Kier molecular flexibility index (Phi) is 6.19. The molecule has 2 aromatic carbocycles. The van der Waals surface area contributed by atoms with Crippen molar-refractivity contribution in [2.24, 2.45) is 0 Å². The van der Waals surface area contributed by atoms with Crippen LogP contribution in [-0.2, 0) is 0 Å². The maximum Gasteiger partial charge on any atom is 0.184 e. The first kappa shape index (κ1) is 17.8. The molecule has 0 unspecified atom stereocenters. The van der Waals surface area contributed by atoms with E-state index in [0.717, 1.165) is 15.8 Å². The van der Waals surface area contributed by atoms with Crippen molar-refractivity contribution in [3.63, 3.8) is 0 Å². The van der Waals surface area contributed by atoms with E-state index in [1.807, 2.05) is 48.5 Å². The van der Waals surface area contributed by atoms with Gasteiger partial charge in [0.2, 0.25) is 0 Å². The summed E-state index contributed by atoms with van der Waals surface area (Å²) in [4.78, 5) is 0. The second kappa shape index (κ2) is 8.36. The first-order chi connectivity index (χ1) is 11.6. The van der Waals surface area contributed by atoms with Crippen LogP contribution in [-0.4, -0.2) is 22.1 Å². The Labute approximate surface area is 163 Å². The third-order valence-electron chi connectivity index (χ3n) is 3.00. The SMILES string of the molecule is S=c1sc(SCCOc2ccccc2Cl)nn1-c1ccc(Cl)cc1. The highest BCUT2D eigenvalue weighted by Crippen LogP contribution is 2.26. The topological polar surface area (TPSA) is 27.1 Å². The maximum atomic E-state index is 6.05. The van der Waals surface area contributed by atoms with Gasteiger partial charge in [-0.1, -0.05) is 58.4 Å². The van der Waals surface area contributed by atoms with Crippen molar-refractivity contribution >= 4 is 58.5 Å². The van der Waals surface area contributed by atoms with Gasteiger partial charge < -0.3 is 4.74 Å². The Bertz CT molecular complexity index is 878. The van der Waals surface area contributed by atoms with E-state index >= 15 is 0 Å². The number of hydrogen-bond donors (Lipinski definition) is 0. The van der Waals surface area contributed by atoms with Crippen molar-refractivity contribution in [3.8, 4) is 11.4 Å². The number of nitrogens with zero attached hydrogens (tertiary/aromatic N) is 2. The lowest BCUT2D eigenvalue weighted by Crippen LogP contribution is -2.01. The van der Waals surface area contributed by atoms with Crippen molar-refractivity contribution in [3.05, 3.63) is 62.5 Å². The summed E-state index contributed by atoms with van der Waals surface area (Å²) in [6.07, 6.45) is 0. The smallest absolute Gasteiger partial charge is 0.184 e. The van der Waals surface area contributed by atoms with E-state index in [1.165, 1.54) is 11.3 Å². The van der Waals surface area contributed by atoms with Gasteiger partial charge in [0.1, 0.15) is 5.75 Å². The highest BCUT2D eigenvalue weighted by atomic mass is 35.5. The zero-order valence-electron chi connectivity index (χ0n) is 12.3. The molecule has 0 saturated heterocycles. The molecule has 8 heteroatoms. The molecule has 0 atom stereocenters. The van der Waals surface area contributed by atoms with E-state index in [0.29, 0.717) is 26.4 Å². The average Bonchev–Trinajstić information content (AvgIpc) is 2.95. The van der Waals surface area contributed by atoms with Gasteiger partial charge in [-0.3, -0.25) is 0 Å². The summed E-state index contributed by atoms with van der Waals surface area (Å²) in [6.45, 7) is 0.543. The molecular weight excluding hydrogens is 403 g/mol. The van der Waals surface area contributed by atoms with Crippen LogP contribution in [0, 0.1) is 3.95 Å². The lowest BCUT2D eigenvalue weighted by atomic mass is 10.3. The largest absolute Gasteiger partial charge is 0.491 e. The van der Waals surface area contributed by atoms with Crippen molar-refractivity contribution in [2.45, 2.75) is 4.34 Å². The van der Waals surface area contributed by atoms with Crippen LogP contribution in [0.1, 0.15) is 0 Å². The molecule has 0 aliphatic heterocycles. The summed E-state index contributed by atoms with van der Waals surface area (Å²) in [6, 6.07) is 14.9. The Balaban J connectivity index is 1.59. The molecule has 0 aliphatic rings. The molecule has 3 nitrogen and oxygen atoms in total. The molecule has 0 radical (unpaired) electrons. The van der Waals surface area contributed by atoms with Crippen LogP contribution in [0.4, 0.5) is 0 Å². The second-order valence-electron chi connectivity index (χ2n) is 4.65. The van der Waals surface area contributed by atoms with Gasteiger partial charge in [0.05, 0.1) is 17.3 Å². The van der Waals surface area contributed by atoms with Crippen LogP contribution in [0.5, 0.6) is 5.75 Å². The normalized spacial score (nSPS) is 10.8. The van der Waals surface area contributed by atoms with E-state index < -0.39 is 0 Å². The third kappa shape index (κ3) is 4.52. The number of aromatic nitrogens is 2. The molecule has 0 N–H and O–H groups in total. The average molecular weight is 415 g/mol. The van der Waals surface area contributed by atoms with Gasteiger partial charge in [-0.15, -0.1) is 5.10 Å². The number of benzene rings is 2. The minimum absolute atomic E-state index is 0.543. The summed E-state index contributed by atoms with van der Waals surface area (Å²) in [5.74, 6) is 1.45. The molecule has 1 aromatic heterocycles. The monoisotopic (exact) mass is 414 g/mol. The van der Waals surface area contributed by atoms with Crippen LogP contribution in [0.3, 0.4) is 0 Å². The third-order valence-corrected chi connectivity index (χ3v) is 5.90. The molecule has 1 heterocycles. The van der Waals surface area contributed by atoms with Crippen molar-refractivity contribution in [1.82, 2.24) is 9.78 Å². The summed E-state index contributed by atoms with van der Waals surface area (Å²) >= 11 is 20.4. The second-order valence-corrected chi connectivity index (χ2v) is 8.46. The first-order valence-electron chi connectivity index (χ1n) is 7.00. The molecule has 0 aliphatic carbocycles. The van der Waals surface area contributed by atoms with Crippen molar-refractivity contribution in [1.29, 1.82) is 0 Å². The van der Waals surface area contributed by atoms with Gasteiger partial charge >= 0.3 is 0 Å². The molecule has 3 rings (SSSR count). The molecule has 24 heavy (non-hydrogen) atoms. The van der Waals surface area contributed by atoms with Crippen molar-refractivity contribution in [2.75, 3.05) is 12.4 Å². The molecule has 3 aromatic rings.